The van der Waals surface area contributed by atoms with Gasteiger partial charge in [-0.3, -0.25) is 0 Å². The average molecular weight is 294 g/mol. The van der Waals surface area contributed by atoms with Crippen molar-refractivity contribution in [3.8, 4) is 0 Å². The minimum absolute atomic E-state index is 0.412. The van der Waals surface area contributed by atoms with Crippen molar-refractivity contribution >= 4 is 11.6 Å². The molecular weight excluding hydrogens is 266 g/mol. The van der Waals surface area contributed by atoms with Gasteiger partial charge in [-0.2, -0.15) is 0 Å². The molecule has 20 heavy (non-hydrogen) atoms. The SMILES string of the molecule is CCNC(CC1CCCCC1)c1cc(C)c(C)cc1Cl. The summed E-state index contributed by atoms with van der Waals surface area (Å²) in [7, 11) is 0. The first kappa shape index (κ1) is 15.9. The van der Waals surface area contributed by atoms with Gasteiger partial charge in [0.1, 0.15) is 0 Å². The fourth-order valence-electron chi connectivity index (χ4n) is 3.39. The summed E-state index contributed by atoms with van der Waals surface area (Å²) in [5, 5.41) is 4.58. The van der Waals surface area contributed by atoms with Crippen molar-refractivity contribution in [2.45, 2.75) is 65.3 Å². The highest BCUT2D eigenvalue weighted by Crippen LogP contribution is 2.35. The smallest absolute Gasteiger partial charge is 0.0456 e. The third kappa shape index (κ3) is 3.99. The van der Waals surface area contributed by atoms with Gasteiger partial charge in [-0.15, -0.1) is 0 Å². The van der Waals surface area contributed by atoms with Gasteiger partial charge in [-0.25, -0.2) is 0 Å². The van der Waals surface area contributed by atoms with E-state index < -0.39 is 0 Å². The molecule has 1 aliphatic rings. The van der Waals surface area contributed by atoms with Crippen molar-refractivity contribution in [3.63, 3.8) is 0 Å². The fraction of sp³-hybridized carbons (Fsp3) is 0.667. The molecule has 0 bridgehead atoms. The molecule has 2 heteroatoms. The van der Waals surface area contributed by atoms with Gasteiger partial charge >= 0.3 is 0 Å². The average Bonchev–Trinajstić information content (AvgIpc) is 2.44. The molecule has 0 amide bonds. The minimum atomic E-state index is 0.412. The Morgan fingerprint density at radius 2 is 1.80 bits per heavy atom. The molecular formula is C18H28ClN. The summed E-state index contributed by atoms with van der Waals surface area (Å²) in [6.07, 6.45) is 8.26. The van der Waals surface area contributed by atoms with E-state index in [1.807, 2.05) is 0 Å². The molecule has 0 radical (unpaired) electrons. The van der Waals surface area contributed by atoms with Crippen LogP contribution in [0.4, 0.5) is 0 Å². The zero-order valence-electron chi connectivity index (χ0n) is 13.1. The Bertz CT molecular complexity index is 435. The maximum absolute atomic E-state index is 6.51. The molecule has 1 saturated carbocycles. The monoisotopic (exact) mass is 293 g/mol. The van der Waals surface area contributed by atoms with Crippen LogP contribution < -0.4 is 5.32 Å². The number of rotatable bonds is 5. The van der Waals surface area contributed by atoms with Gasteiger partial charge in [0.2, 0.25) is 0 Å². The molecule has 1 nitrogen and oxygen atoms in total. The Labute approximate surface area is 129 Å². The number of halogens is 1. The maximum Gasteiger partial charge on any atom is 0.0456 e. The summed E-state index contributed by atoms with van der Waals surface area (Å²) in [5.41, 5.74) is 3.92. The van der Waals surface area contributed by atoms with Gasteiger partial charge in [-0.05, 0) is 55.5 Å². The first-order valence-corrected chi connectivity index (χ1v) is 8.49. The van der Waals surface area contributed by atoms with E-state index in [0.717, 1.165) is 17.5 Å². The molecule has 1 fully saturated rings. The molecule has 0 aliphatic heterocycles. The van der Waals surface area contributed by atoms with E-state index in [2.05, 4.69) is 38.2 Å². The minimum Gasteiger partial charge on any atom is -0.310 e. The van der Waals surface area contributed by atoms with Crippen LogP contribution in [0.3, 0.4) is 0 Å². The molecule has 1 N–H and O–H groups in total. The summed E-state index contributed by atoms with van der Waals surface area (Å²) < 4.78 is 0. The highest BCUT2D eigenvalue weighted by molar-refractivity contribution is 6.31. The van der Waals surface area contributed by atoms with Crippen molar-refractivity contribution < 1.29 is 0 Å². The van der Waals surface area contributed by atoms with E-state index in [4.69, 9.17) is 11.6 Å². The lowest BCUT2D eigenvalue weighted by molar-refractivity contribution is 0.301. The van der Waals surface area contributed by atoms with E-state index in [-0.39, 0.29) is 0 Å². The van der Waals surface area contributed by atoms with Crippen LogP contribution in [-0.2, 0) is 0 Å². The van der Waals surface area contributed by atoms with Crippen molar-refractivity contribution in [3.05, 3.63) is 33.8 Å². The van der Waals surface area contributed by atoms with Crippen molar-refractivity contribution in [1.29, 1.82) is 0 Å². The van der Waals surface area contributed by atoms with Crippen molar-refractivity contribution in [2.24, 2.45) is 5.92 Å². The predicted molar refractivity (Wildman–Crippen MR) is 88.5 cm³/mol. The summed E-state index contributed by atoms with van der Waals surface area (Å²) in [4.78, 5) is 0. The van der Waals surface area contributed by atoms with E-state index in [9.17, 15) is 0 Å². The number of nitrogens with one attached hydrogen (secondary N) is 1. The van der Waals surface area contributed by atoms with Crippen molar-refractivity contribution in [1.82, 2.24) is 5.32 Å². The highest BCUT2D eigenvalue weighted by atomic mass is 35.5. The standard InChI is InChI=1S/C18H28ClN/c1-4-20-18(12-15-8-6-5-7-9-15)16-10-13(2)14(3)11-17(16)19/h10-11,15,18,20H,4-9,12H2,1-3H3. The fourth-order valence-corrected chi connectivity index (χ4v) is 3.74. The van der Waals surface area contributed by atoms with Crippen LogP contribution in [0.2, 0.25) is 5.02 Å². The van der Waals surface area contributed by atoms with Crippen LogP contribution in [0.25, 0.3) is 0 Å². The van der Waals surface area contributed by atoms with Gasteiger partial charge in [0.25, 0.3) is 0 Å². The summed E-state index contributed by atoms with van der Waals surface area (Å²) in [6.45, 7) is 7.50. The van der Waals surface area contributed by atoms with Crippen LogP contribution in [0.1, 0.15) is 68.2 Å². The Morgan fingerprint density at radius 1 is 1.15 bits per heavy atom. The third-order valence-electron chi connectivity index (χ3n) is 4.73. The Hall–Kier alpha value is -0.530. The van der Waals surface area contributed by atoms with E-state index in [0.29, 0.717) is 6.04 Å². The molecule has 1 aromatic rings. The number of benzene rings is 1. The number of hydrogen-bond donors (Lipinski definition) is 1. The summed E-state index contributed by atoms with van der Waals surface area (Å²) in [5.74, 6) is 0.866. The lowest BCUT2D eigenvalue weighted by Gasteiger charge is -2.28. The van der Waals surface area contributed by atoms with Crippen LogP contribution >= 0.6 is 11.6 Å². The van der Waals surface area contributed by atoms with Gasteiger partial charge in [0, 0.05) is 11.1 Å². The molecule has 112 valence electrons. The zero-order valence-corrected chi connectivity index (χ0v) is 13.9. The molecule has 0 spiro atoms. The summed E-state index contributed by atoms with van der Waals surface area (Å²) in [6, 6.07) is 4.82. The van der Waals surface area contributed by atoms with Crippen LogP contribution in [-0.4, -0.2) is 6.54 Å². The van der Waals surface area contributed by atoms with Gasteiger partial charge < -0.3 is 5.32 Å². The van der Waals surface area contributed by atoms with Gasteiger partial charge in [0.15, 0.2) is 0 Å². The second kappa shape index (κ2) is 7.47. The van der Waals surface area contributed by atoms with E-state index >= 15 is 0 Å². The topological polar surface area (TPSA) is 12.0 Å². The molecule has 1 atom stereocenters. The predicted octanol–water partition coefficient (Wildman–Crippen LogP) is 5.58. The lowest BCUT2D eigenvalue weighted by Crippen LogP contribution is -2.25. The lowest BCUT2D eigenvalue weighted by atomic mass is 9.83. The van der Waals surface area contributed by atoms with Crippen LogP contribution in [0, 0.1) is 19.8 Å². The van der Waals surface area contributed by atoms with E-state index in [1.165, 1.54) is 55.2 Å². The molecule has 0 aromatic heterocycles. The van der Waals surface area contributed by atoms with Crippen LogP contribution in [0.15, 0.2) is 12.1 Å². The third-order valence-corrected chi connectivity index (χ3v) is 5.06. The van der Waals surface area contributed by atoms with Gasteiger partial charge in [0.05, 0.1) is 0 Å². The summed E-state index contributed by atoms with van der Waals surface area (Å²) >= 11 is 6.51. The normalized spacial score (nSPS) is 18.2. The van der Waals surface area contributed by atoms with E-state index in [1.54, 1.807) is 0 Å². The Morgan fingerprint density at radius 3 is 2.45 bits per heavy atom. The molecule has 1 unspecified atom stereocenters. The largest absolute Gasteiger partial charge is 0.310 e. The van der Waals surface area contributed by atoms with Gasteiger partial charge in [-0.1, -0.05) is 56.7 Å². The van der Waals surface area contributed by atoms with Crippen LogP contribution in [0.5, 0.6) is 0 Å². The Kier molecular flexibility index (Phi) is 5.92. The molecule has 1 aromatic carbocycles. The van der Waals surface area contributed by atoms with Crippen molar-refractivity contribution in [2.75, 3.05) is 6.54 Å². The quantitative estimate of drug-likeness (QED) is 0.747. The zero-order chi connectivity index (χ0) is 14.5. The maximum atomic E-state index is 6.51. The molecule has 1 aliphatic carbocycles. The molecule has 0 heterocycles. The first-order valence-electron chi connectivity index (χ1n) is 8.11. The number of aryl methyl sites for hydroxylation is 2. The number of hydrogen-bond acceptors (Lipinski definition) is 1. The second-order valence-corrected chi connectivity index (χ2v) is 6.72. The second-order valence-electron chi connectivity index (χ2n) is 6.31. The molecule has 2 rings (SSSR count). The first-order chi connectivity index (χ1) is 9.61. The highest BCUT2D eigenvalue weighted by Gasteiger charge is 2.21. The Balaban J connectivity index is 2.16. The molecule has 0 saturated heterocycles.